The number of halogens is 3. The molecule has 0 saturated heterocycles. The first-order valence-corrected chi connectivity index (χ1v) is 11.8. The van der Waals surface area contributed by atoms with Gasteiger partial charge in [0.2, 0.25) is 10.0 Å². The largest absolute Gasteiger partial charge is 0.484 e. The molecule has 1 aromatic carbocycles. The van der Waals surface area contributed by atoms with Gasteiger partial charge in [0.25, 0.3) is 5.56 Å². The molecular formula is C21H23F3N4O4S. The van der Waals surface area contributed by atoms with E-state index in [4.69, 9.17) is 4.74 Å². The summed E-state index contributed by atoms with van der Waals surface area (Å²) in [7, 11) is -3.62. The lowest BCUT2D eigenvalue weighted by Crippen LogP contribution is -2.38. The van der Waals surface area contributed by atoms with Crippen molar-refractivity contribution in [2.45, 2.75) is 33.0 Å². The van der Waals surface area contributed by atoms with Crippen molar-refractivity contribution in [3.63, 3.8) is 0 Å². The summed E-state index contributed by atoms with van der Waals surface area (Å²) in [5.74, 6) is -0.0288. The minimum absolute atomic E-state index is 0.0297. The molecule has 0 fully saturated rings. The Morgan fingerprint density at radius 3 is 2.39 bits per heavy atom. The second kappa shape index (κ2) is 9.48. The van der Waals surface area contributed by atoms with Crippen molar-refractivity contribution in [3.8, 4) is 11.4 Å². The molecule has 178 valence electrons. The number of fused-ring (bicyclic) bond motifs is 1. The first kappa shape index (κ1) is 24.6. The summed E-state index contributed by atoms with van der Waals surface area (Å²) in [6, 6.07) is 7.73. The summed E-state index contributed by atoms with van der Waals surface area (Å²) in [5, 5.41) is 0.215. The Labute approximate surface area is 188 Å². The average molecular weight is 485 g/mol. The quantitative estimate of drug-likeness (QED) is 0.486. The molecule has 0 aliphatic carbocycles. The highest BCUT2D eigenvalue weighted by Gasteiger charge is 2.30. The number of pyridine rings is 1. The lowest BCUT2D eigenvalue weighted by atomic mass is 10.2. The van der Waals surface area contributed by atoms with E-state index in [1.54, 1.807) is 26.0 Å². The summed E-state index contributed by atoms with van der Waals surface area (Å²) < 4.78 is 69.7. The Morgan fingerprint density at radius 2 is 1.82 bits per heavy atom. The third kappa shape index (κ3) is 5.33. The Morgan fingerprint density at radius 1 is 1.15 bits per heavy atom. The van der Waals surface area contributed by atoms with Gasteiger partial charge in [0.15, 0.2) is 12.3 Å². The van der Waals surface area contributed by atoms with Gasteiger partial charge in [-0.1, -0.05) is 6.92 Å². The third-order valence-electron chi connectivity index (χ3n) is 5.01. The van der Waals surface area contributed by atoms with Crippen LogP contribution in [-0.2, 0) is 10.0 Å². The van der Waals surface area contributed by atoms with Crippen LogP contribution in [0.1, 0.15) is 32.6 Å². The molecule has 2 heterocycles. The zero-order valence-electron chi connectivity index (χ0n) is 18.2. The predicted molar refractivity (Wildman–Crippen MR) is 117 cm³/mol. The third-order valence-corrected chi connectivity index (χ3v) is 7.03. The predicted octanol–water partition coefficient (Wildman–Crippen LogP) is 3.45. The van der Waals surface area contributed by atoms with E-state index < -0.39 is 34.4 Å². The zero-order valence-corrected chi connectivity index (χ0v) is 19.0. The molecule has 0 amide bonds. The van der Waals surface area contributed by atoms with Crippen molar-refractivity contribution in [1.82, 2.24) is 18.8 Å². The van der Waals surface area contributed by atoms with Crippen molar-refractivity contribution in [2.75, 3.05) is 18.9 Å². The molecular weight excluding hydrogens is 461 g/mol. The number of hydrogen-bond acceptors (Lipinski definition) is 6. The first-order valence-electron chi connectivity index (χ1n) is 10.2. The van der Waals surface area contributed by atoms with Gasteiger partial charge in [-0.15, -0.1) is 0 Å². The van der Waals surface area contributed by atoms with Crippen molar-refractivity contribution >= 4 is 21.1 Å². The number of hydrogen-bond donors (Lipinski definition) is 0. The van der Waals surface area contributed by atoms with Crippen LogP contribution in [-0.4, -0.2) is 52.3 Å². The molecule has 12 heteroatoms. The molecule has 1 atom stereocenters. The van der Waals surface area contributed by atoms with Gasteiger partial charge in [-0.05, 0) is 50.2 Å². The van der Waals surface area contributed by atoms with Crippen LogP contribution in [0.15, 0.2) is 47.4 Å². The van der Waals surface area contributed by atoms with Gasteiger partial charge in [-0.25, -0.2) is 18.4 Å². The summed E-state index contributed by atoms with van der Waals surface area (Å²) >= 11 is 0. The van der Waals surface area contributed by atoms with Gasteiger partial charge < -0.3 is 4.74 Å². The zero-order chi connectivity index (χ0) is 24.4. The number of ether oxygens (including phenoxy) is 1. The summed E-state index contributed by atoms with van der Waals surface area (Å²) in [6.45, 7) is 3.52. The molecule has 0 N–H and O–H groups in total. The fourth-order valence-electron chi connectivity index (χ4n) is 3.43. The normalized spacial score (nSPS) is 13.4. The number of aromatic nitrogens is 3. The highest BCUT2D eigenvalue weighted by molar-refractivity contribution is 7.89. The van der Waals surface area contributed by atoms with Crippen LogP contribution in [0.5, 0.6) is 5.75 Å². The second-order valence-corrected chi connectivity index (χ2v) is 9.37. The van der Waals surface area contributed by atoms with Crippen molar-refractivity contribution < 1.29 is 26.3 Å². The molecule has 0 bridgehead atoms. The molecule has 0 radical (unpaired) electrons. The molecule has 0 unspecified atom stereocenters. The van der Waals surface area contributed by atoms with Crippen LogP contribution < -0.4 is 10.3 Å². The molecule has 33 heavy (non-hydrogen) atoms. The van der Waals surface area contributed by atoms with Crippen LogP contribution in [0.4, 0.5) is 13.2 Å². The van der Waals surface area contributed by atoms with E-state index in [9.17, 15) is 26.4 Å². The summed E-state index contributed by atoms with van der Waals surface area (Å²) in [4.78, 5) is 22.0. The Balaban J connectivity index is 2.16. The Bertz CT molecular complexity index is 1290. The smallest absolute Gasteiger partial charge is 0.422 e. The van der Waals surface area contributed by atoms with Crippen molar-refractivity contribution in [1.29, 1.82) is 0 Å². The van der Waals surface area contributed by atoms with E-state index in [1.165, 1.54) is 46.3 Å². The van der Waals surface area contributed by atoms with Gasteiger partial charge in [0.1, 0.15) is 11.6 Å². The molecule has 2 aromatic heterocycles. The van der Waals surface area contributed by atoms with Gasteiger partial charge in [0, 0.05) is 12.7 Å². The number of sulfonamides is 1. The highest BCUT2D eigenvalue weighted by atomic mass is 32.2. The van der Waals surface area contributed by atoms with Crippen LogP contribution in [0.25, 0.3) is 16.7 Å². The van der Waals surface area contributed by atoms with E-state index in [1.807, 2.05) is 0 Å². The summed E-state index contributed by atoms with van der Waals surface area (Å²) in [5.41, 5.74) is -0.0241. The van der Waals surface area contributed by atoms with Crippen LogP contribution in [0.3, 0.4) is 0 Å². The van der Waals surface area contributed by atoms with E-state index in [-0.39, 0.29) is 34.9 Å². The second-order valence-electron chi connectivity index (χ2n) is 7.16. The highest BCUT2D eigenvalue weighted by Crippen LogP contribution is 2.26. The van der Waals surface area contributed by atoms with E-state index in [2.05, 4.69) is 9.97 Å². The number of benzene rings is 1. The summed E-state index contributed by atoms with van der Waals surface area (Å²) in [6.07, 6.45) is -3.01. The molecule has 3 aromatic rings. The van der Waals surface area contributed by atoms with Crippen LogP contribution in [0.2, 0.25) is 0 Å². The lowest BCUT2D eigenvalue weighted by molar-refractivity contribution is -0.153. The maximum absolute atomic E-state index is 13.4. The van der Waals surface area contributed by atoms with E-state index in [0.29, 0.717) is 5.69 Å². The van der Waals surface area contributed by atoms with Gasteiger partial charge in [-0.2, -0.15) is 17.5 Å². The number of nitrogens with zero attached hydrogens (tertiary/aromatic N) is 4. The van der Waals surface area contributed by atoms with Crippen LogP contribution in [0, 0.1) is 0 Å². The Kier molecular flexibility index (Phi) is 7.08. The SMILES string of the molecule is CCN([C@H](C)c1nc2ncccc2c(=O)n1-c1ccc(OCC(F)(F)F)cc1)S(=O)(=O)CC. The maximum Gasteiger partial charge on any atom is 0.422 e. The minimum Gasteiger partial charge on any atom is -0.484 e. The van der Waals surface area contributed by atoms with Crippen molar-refractivity contribution in [2.24, 2.45) is 0 Å². The Hall–Kier alpha value is -2.99. The van der Waals surface area contributed by atoms with E-state index >= 15 is 0 Å². The van der Waals surface area contributed by atoms with Crippen molar-refractivity contribution in [3.05, 3.63) is 58.8 Å². The molecule has 0 saturated carbocycles. The molecule has 0 spiro atoms. The number of alkyl halides is 3. The first-order chi connectivity index (χ1) is 15.5. The molecule has 8 nitrogen and oxygen atoms in total. The molecule has 0 aliphatic rings. The topological polar surface area (TPSA) is 94.4 Å². The van der Waals surface area contributed by atoms with Crippen LogP contribution >= 0.6 is 0 Å². The average Bonchev–Trinajstić information content (AvgIpc) is 2.78. The maximum atomic E-state index is 13.4. The minimum atomic E-state index is -4.48. The van der Waals surface area contributed by atoms with Gasteiger partial charge in [-0.3, -0.25) is 9.36 Å². The molecule has 3 rings (SSSR count). The standard InChI is InChI=1S/C21H23F3N4O4S/c1-4-27(33(30,31)5-2)14(3)19-26-18-17(7-6-12-25-18)20(29)28(19)15-8-10-16(11-9-15)32-13-21(22,23)24/h6-12,14H,4-5,13H2,1-3H3/t14-/m1/s1. The fourth-order valence-corrected chi connectivity index (χ4v) is 4.73. The van der Waals surface area contributed by atoms with Gasteiger partial charge >= 0.3 is 6.18 Å². The lowest BCUT2D eigenvalue weighted by Gasteiger charge is -2.28. The van der Waals surface area contributed by atoms with E-state index in [0.717, 1.165) is 0 Å². The monoisotopic (exact) mass is 484 g/mol. The number of rotatable bonds is 8. The fraction of sp³-hybridized carbons (Fsp3) is 0.381. The molecule has 0 aliphatic heterocycles. The van der Waals surface area contributed by atoms with Gasteiger partial charge in [0.05, 0.1) is 22.9 Å².